The Morgan fingerprint density at radius 2 is 2.08 bits per heavy atom. The van der Waals surface area contributed by atoms with Crippen molar-refractivity contribution < 1.29 is 0 Å². The number of hydrogen-bond donors (Lipinski definition) is 3. The van der Waals surface area contributed by atoms with E-state index in [0.717, 1.165) is 26.2 Å². The molecule has 0 radical (unpaired) electrons. The molecule has 0 amide bonds. The van der Waals surface area contributed by atoms with E-state index < -0.39 is 0 Å². The molecule has 1 fully saturated rings. The van der Waals surface area contributed by atoms with Gasteiger partial charge in [-0.3, -0.25) is 15.3 Å². The normalized spacial score (nSPS) is 20.2. The predicted molar refractivity (Wildman–Crippen MR) is 106 cm³/mol. The van der Waals surface area contributed by atoms with Crippen LogP contribution in [0.3, 0.4) is 0 Å². The first-order valence-electron chi connectivity index (χ1n) is 9.50. The largest absolute Gasteiger partial charge is 0.312 e. The van der Waals surface area contributed by atoms with Crippen LogP contribution < -0.4 is 16.2 Å². The molecule has 1 aliphatic heterocycles. The van der Waals surface area contributed by atoms with E-state index in [1.807, 2.05) is 18.5 Å². The standard InChI is InChI=1S/C21H31N5/c1-16(2)26(3)15-18-7-4-6-17(10-18)11-23-13-20-14-24-25-21(20)19-8-5-9-22-12-19/h4-10,12,16,20-21,23-25H,11,13-15H2,1-3H3. The molecule has 1 aliphatic rings. The van der Waals surface area contributed by atoms with Gasteiger partial charge in [0.2, 0.25) is 0 Å². The Balaban J connectivity index is 1.51. The van der Waals surface area contributed by atoms with Gasteiger partial charge in [0.25, 0.3) is 0 Å². The highest BCUT2D eigenvalue weighted by Crippen LogP contribution is 2.23. The van der Waals surface area contributed by atoms with E-state index in [-0.39, 0.29) is 0 Å². The average Bonchev–Trinajstić information content (AvgIpc) is 3.11. The molecule has 0 saturated carbocycles. The zero-order valence-corrected chi connectivity index (χ0v) is 16.1. The highest BCUT2D eigenvalue weighted by molar-refractivity contribution is 5.23. The number of nitrogens with one attached hydrogen (secondary N) is 3. The van der Waals surface area contributed by atoms with Gasteiger partial charge in [0.05, 0.1) is 6.04 Å². The van der Waals surface area contributed by atoms with Crippen LogP contribution in [0.5, 0.6) is 0 Å². The summed E-state index contributed by atoms with van der Waals surface area (Å²) in [4.78, 5) is 6.61. The van der Waals surface area contributed by atoms with Crippen molar-refractivity contribution in [2.24, 2.45) is 5.92 Å². The van der Waals surface area contributed by atoms with Crippen LogP contribution >= 0.6 is 0 Å². The fourth-order valence-electron chi connectivity index (χ4n) is 3.35. The molecule has 26 heavy (non-hydrogen) atoms. The Hall–Kier alpha value is -1.79. The molecule has 0 bridgehead atoms. The molecule has 140 valence electrons. The third-order valence-electron chi connectivity index (χ3n) is 5.18. The van der Waals surface area contributed by atoms with Crippen molar-refractivity contribution in [3.05, 3.63) is 65.5 Å². The lowest BCUT2D eigenvalue weighted by Crippen LogP contribution is -2.28. The number of pyridine rings is 1. The molecule has 1 aromatic carbocycles. The smallest absolute Gasteiger partial charge is 0.0530 e. The van der Waals surface area contributed by atoms with Crippen molar-refractivity contribution >= 4 is 0 Å². The van der Waals surface area contributed by atoms with E-state index >= 15 is 0 Å². The van der Waals surface area contributed by atoms with Gasteiger partial charge in [-0.2, -0.15) is 0 Å². The van der Waals surface area contributed by atoms with Crippen LogP contribution in [0.4, 0.5) is 0 Å². The fraction of sp³-hybridized carbons (Fsp3) is 0.476. The molecule has 2 atom stereocenters. The third-order valence-corrected chi connectivity index (χ3v) is 5.18. The first-order chi connectivity index (χ1) is 12.6. The van der Waals surface area contributed by atoms with Crippen LogP contribution in [-0.4, -0.2) is 36.1 Å². The summed E-state index contributed by atoms with van der Waals surface area (Å²) in [6, 6.07) is 13.9. The Morgan fingerprint density at radius 3 is 2.85 bits per heavy atom. The number of rotatable bonds is 8. The number of hydrogen-bond acceptors (Lipinski definition) is 5. The minimum Gasteiger partial charge on any atom is -0.312 e. The van der Waals surface area contributed by atoms with Crippen LogP contribution in [0.15, 0.2) is 48.8 Å². The lowest BCUT2D eigenvalue weighted by Gasteiger charge is -2.21. The lowest BCUT2D eigenvalue weighted by atomic mass is 9.96. The quantitative estimate of drug-likeness (QED) is 0.681. The molecule has 1 aromatic heterocycles. The van der Waals surface area contributed by atoms with Crippen molar-refractivity contribution in [1.29, 1.82) is 0 Å². The van der Waals surface area contributed by atoms with Gasteiger partial charge >= 0.3 is 0 Å². The highest BCUT2D eigenvalue weighted by atomic mass is 15.4. The summed E-state index contributed by atoms with van der Waals surface area (Å²) < 4.78 is 0. The minimum atomic E-state index is 0.308. The second-order valence-electron chi connectivity index (χ2n) is 7.51. The monoisotopic (exact) mass is 353 g/mol. The van der Waals surface area contributed by atoms with Crippen molar-refractivity contribution in [2.45, 2.75) is 39.0 Å². The molecule has 1 saturated heterocycles. The fourth-order valence-corrected chi connectivity index (χ4v) is 3.35. The SMILES string of the molecule is CC(C)N(C)Cc1cccc(CNCC2CNNC2c2cccnc2)c1. The molecule has 2 unspecified atom stereocenters. The van der Waals surface area contributed by atoms with Gasteiger partial charge in [-0.15, -0.1) is 0 Å². The summed E-state index contributed by atoms with van der Waals surface area (Å²) in [5.74, 6) is 0.509. The van der Waals surface area contributed by atoms with Crippen LogP contribution in [0.25, 0.3) is 0 Å². The predicted octanol–water partition coefficient (Wildman–Crippen LogP) is 2.48. The van der Waals surface area contributed by atoms with E-state index in [9.17, 15) is 0 Å². The first-order valence-corrected chi connectivity index (χ1v) is 9.50. The molecule has 3 rings (SSSR count). The van der Waals surface area contributed by atoms with Crippen molar-refractivity contribution in [3.8, 4) is 0 Å². The number of nitrogens with zero attached hydrogens (tertiary/aromatic N) is 2. The van der Waals surface area contributed by atoms with E-state index in [2.05, 4.69) is 77.3 Å². The number of hydrazine groups is 1. The number of benzene rings is 1. The summed E-state index contributed by atoms with van der Waals surface area (Å²) in [6.07, 6.45) is 3.77. The van der Waals surface area contributed by atoms with Gasteiger partial charge in [0.1, 0.15) is 0 Å². The van der Waals surface area contributed by atoms with Crippen LogP contribution in [0, 0.1) is 5.92 Å². The summed E-state index contributed by atoms with van der Waals surface area (Å²) in [7, 11) is 2.17. The average molecular weight is 354 g/mol. The van der Waals surface area contributed by atoms with Crippen LogP contribution in [0.1, 0.15) is 36.6 Å². The van der Waals surface area contributed by atoms with E-state index in [1.54, 1.807) is 0 Å². The van der Waals surface area contributed by atoms with Crippen LogP contribution in [-0.2, 0) is 13.1 Å². The van der Waals surface area contributed by atoms with Crippen molar-refractivity contribution in [2.75, 3.05) is 20.1 Å². The molecule has 5 heteroatoms. The van der Waals surface area contributed by atoms with Gasteiger partial charge in [0, 0.05) is 50.5 Å². The topological polar surface area (TPSA) is 52.2 Å². The summed E-state index contributed by atoms with van der Waals surface area (Å²) in [5, 5.41) is 3.63. The zero-order chi connectivity index (χ0) is 18.4. The van der Waals surface area contributed by atoms with Gasteiger partial charge in [-0.05, 0) is 43.7 Å². The van der Waals surface area contributed by atoms with Gasteiger partial charge in [-0.25, -0.2) is 5.43 Å². The highest BCUT2D eigenvalue weighted by Gasteiger charge is 2.27. The molecule has 5 nitrogen and oxygen atoms in total. The van der Waals surface area contributed by atoms with Crippen molar-refractivity contribution in [3.63, 3.8) is 0 Å². The second kappa shape index (κ2) is 9.24. The van der Waals surface area contributed by atoms with E-state index in [1.165, 1.54) is 16.7 Å². The van der Waals surface area contributed by atoms with E-state index in [4.69, 9.17) is 0 Å². The second-order valence-corrected chi connectivity index (χ2v) is 7.51. The molecule has 0 spiro atoms. The lowest BCUT2D eigenvalue weighted by molar-refractivity contribution is 0.265. The summed E-state index contributed by atoms with van der Waals surface area (Å²) in [6.45, 7) is 8.28. The minimum absolute atomic E-state index is 0.308. The Morgan fingerprint density at radius 1 is 1.23 bits per heavy atom. The number of aromatic nitrogens is 1. The van der Waals surface area contributed by atoms with Gasteiger partial charge < -0.3 is 5.32 Å². The molecule has 3 N–H and O–H groups in total. The van der Waals surface area contributed by atoms with E-state index in [0.29, 0.717) is 18.0 Å². The molecular formula is C21H31N5. The molecule has 2 heterocycles. The Labute approximate surface area is 157 Å². The maximum Gasteiger partial charge on any atom is 0.0530 e. The molecule has 0 aliphatic carbocycles. The summed E-state index contributed by atoms with van der Waals surface area (Å²) >= 11 is 0. The Kier molecular flexibility index (Phi) is 6.74. The third kappa shape index (κ3) is 5.11. The van der Waals surface area contributed by atoms with Gasteiger partial charge in [-0.1, -0.05) is 30.3 Å². The maximum absolute atomic E-state index is 4.24. The van der Waals surface area contributed by atoms with Gasteiger partial charge in [0.15, 0.2) is 0 Å². The Bertz CT molecular complexity index is 673. The van der Waals surface area contributed by atoms with Crippen molar-refractivity contribution in [1.82, 2.24) is 26.1 Å². The van der Waals surface area contributed by atoms with Crippen LogP contribution in [0.2, 0.25) is 0 Å². The molecule has 2 aromatic rings. The first kappa shape index (κ1) is 19.0. The molecular weight excluding hydrogens is 322 g/mol. The zero-order valence-electron chi connectivity index (χ0n) is 16.1. The maximum atomic E-state index is 4.24. The summed E-state index contributed by atoms with van der Waals surface area (Å²) in [5.41, 5.74) is 10.6.